The van der Waals surface area contributed by atoms with Crippen LogP contribution in [-0.4, -0.2) is 20.4 Å². The van der Waals surface area contributed by atoms with Gasteiger partial charge in [0.2, 0.25) is 10.0 Å². The molecule has 0 aromatic heterocycles. The van der Waals surface area contributed by atoms with Crippen LogP contribution in [0.25, 0.3) is 0 Å². The number of benzene rings is 1. The highest BCUT2D eigenvalue weighted by atomic mass is 32.2. The minimum Gasteiger partial charge on any atom is -0.322 e. The van der Waals surface area contributed by atoms with E-state index in [4.69, 9.17) is 0 Å². The third kappa shape index (κ3) is 7.29. The molecule has 1 aromatic rings. The maximum absolute atomic E-state index is 12.7. The van der Waals surface area contributed by atoms with E-state index in [0.717, 1.165) is 12.8 Å². The van der Waals surface area contributed by atoms with Gasteiger partial charge in [0.15, 0.2) is 0 Å². The third-order valence-corrected chi connectivity index (χ3v) is 5.87. The molecule has 2 atom stereocenters. The summed E-state index contributed by atoms with van der Waals surface area (Å²) in [5.74, 6) is -0.194. The number of sulfonamides is 1. The van der Waals surface area contributed by atoms with Crippen LogP contribution in [0.15, 0.2) is 78.4 Å². The molecule has 1 rings (SSSR count). The molecule has 1 aromatic carbocycles. The Morgan fingerprint density at radius 3 is 2.54 bits per heavy atom. The van der Waals surface area contributed by atoms with Gasteiger partial charge in [0.05, 0.1) is 4.90 Å². The molecule has 152 valence electrons. The molecule has 0 heterocycles. The molecule has 0 saturated heterocycles. The summed E-state index contributed by atoms with van der Waals surface area (Å²) in [4.78, 5) is 12.6. The van der Waals surface area contributed by atoms with E-state index in [0.29, 0.717) is 5.70 Å². The van der Waals surface area contributed by atoms with Crippen molar-refractivity contribution in [3.63, 3.8) is 0 Å². The van der Waals surface area contributed by atoms with Gasteiger partial charge in [0.1, 0.15) is 0 Å². The second-order valence-electron chi connectivity index (χ2n) is 6.61. The molecule has 0 fully saturated rings. The fraction of sp³-hybridized carbons (Fsp3) is 0.318. The summed E-state index contributed by atoms with van der Waals surface area (Å²) in [5, 5.41) is 2.72. The smallest absolute Gasteiger partial charge is 0.255 e. The number of rotatable bonds is 11. The van der Waals surface area contributed by atoms with Crippen molar-refractivity contribution in [1.29, 1.82) is 0 Å². The van der Waals surface area contributed by atoms with Crippen molar-refractivity contribution in [2.75, 3.05) is 0 Å². The SMILES string of the molecule is C=C/C=C\C(=C/C=C)NC(=O)c1cccc(S(=O)(=O)NC(C)C(C)CCC)c1. The number of hydrogen-bond donors (Lipinski definition) is 2. The number of carbonyl (C=O) groups is 1. The molecule has 5 nitrogen and oxygen atoms in total. The summed E-state index contributed by atoms with van der Waals surface area (Å²) in [6.45, 7) is 13.1. The van der Waals surface area contributed by atoms with Crippen molar-refractivity contribution < 1.29 is 13.2 Å². The molecule has 28 heavy (non-hydrogen) atoms. The zero-order valence-electron chi connectivity index (χ0n) is 16.8. The molecule has 0 saturated carbocycles. The van der Waals surface area contributed by atoms with Crippen LogP contribution in [0.1, 0.15) is 44.0 Å². The first-order valence-electron chi connectivity index (χ1n) is 9.30. The molecular weight excluding hydrogens is 372 g/mol. The van der Waals surface area contributed by atoms with Crippen molar-refractivity contribution in [2.45, 2.75) is 44.6 Å². The molecule has 0 bridgehead atoms. The largest absolute Gasteiger partial charge is 0.322 e. The van der Waals surface area contributed by atoms with Crippen molar-refractivity contribution >= 4 is 15.9 Å². The predicted molar refractivity (Wildman–Crippen MR) is 115 cm³/mol. The van der Waals surface area contributed by atoms with Crippen molar-refractivity contribution in [3.05, 3.63) is 79.1 Å². The van der Waals surface area contributed by atoms with Crippen LogP contribution in [0.2, 0.25) is 0 Å². The molecular formula is C22H30N2O3S. The summed E-state index contributed by atoms with van der Waals surface area (Å²) in [6, 6.07) is 5.78. The van der Waals surface area contributed by atoms with Crippen molar-refractivity contribution in [3.8, 4) is 0 Å². The molecule has 2 N–H and O–H groups in total. The Morgan fingerprint density at radius 1 is 1.21 bits per heavy atom. The summed E-state index contributed by atoms with van der Waals surface area (Å²) in [6.07, 6.45) is 10.0. The maximum atomic E-state index is 12.7. The minimum absolute atomic E-state index is 0.0617. The van der Waals surface area contributed by atoms with Gasteiger partial charge in [-0.25, -0.2) is 13.1 Å². The van der Waals surface area contributed by atoms with Crippen molar-refractivity contribution in [2.24, 2.45) is 5.92 Å². The Bertz CT molecular complexity index is 854. The van der Waals surface area contributed by atoms with E-state index in [1.54, 1.807) is 42.5 Å². The van der Waals surface area contributed by atoms with Gasteiger partial charge in [0.25, 0.3) is 5.91 Å². The van der Waals surface area contributed by atoms with Crippen LogP contribution in [0.5, 0.6) is 0 Å². The van der Waals surface area contributed by atoms with Gasteiger partial charge >= 0.3 is 0 Å². The van der Waals surface area contributed by atoms with Gasteiger partial charge in [0, 0.05) is 17.3 Å². The standard InChI is InChI=1S/C22H30N2O3S/c1-6-9-14-20(12-8-3)23-22(25)19-13-10-15-21(16-19)28(26,27)24-18(5)17(4)11-7-2/h6,8-10,12-18,24H,1,3,7,11H2,2,4-5H3,(H,23,25)/b14-9-,20-12+. The van der Waals surface area contributed by atoms with Gasteiger partial charge < -0.3 is 5.32 Å². The molecule has 1 amide bonds. The number of hydrogen-bond acceptors (Lipinski definition) is 3. The third-order valence-electron chi connectivity index (χ3n) is 4.31. The van der Waals surface area contributed by atoms with Crippen LogP contribution in [-0.2, 0) is 10.0 Å². The summed E-state index contributed by atoms with van der Waals surface area (Å²) < 4.78 is 28.1. The van der Waals surface area contributed by atoms with E-state index < -0.39 is 15.9 Å². The molecule has 2 unspecified atom stereocenters. The van der Waals surface area contributed by atoms with Gasteiger partial charge in [-0.2, -0.15) is 0 Å². The van der Waals surface area contributed by atoms with E-state index in [-0.39, 0.29) is 22.4 Å². The molecule has 0 radical (unpaired) electrons. The maximum Gasteiger partial charge on any atom is 0.255 e. The first kappa shape index (κ1) is 23.6. The average Bonchev–Trinajstić information content (AvgIpc) is 2.66. The first-order valence-corrected chi connectivity index (χ1v) is 10.8. The lowest BCUT2D eigenvalue weighted by Crippen LogP contribution is -2.37. The lowest BCUT2D eigenvalue weighted by atomic mass is 9.99. The average molecular weight is 403 g/mol. The lowest BCUT2D eigenvalue weighted by Gasteiger charge is -2.20. The van der Waals surface area contributed by atoms with Crippen molar-refractivity contribution in [1.82, 2.24) is 10.0 Å². The van der Waals surface area contributed by atoms with E-state index in [9.17, 15) is 13.2 Å². The van der Waals surface area contributed by atoms with E-state index in [1.807, 2.05) is 13.8 Å². The Hall–Kier alpha value is -2.44. The molecule has 0 aliphatic heterocycles. The summed E-state index contributed by atoms with van der Waals surface area (Å²) >= 11 is 0. The molecule has 0 spiro atoms. The highest BCUT2D eigenvalue weighted by Crippen LogP contribution is 2.16. The molecule has 6 heteroatoms. The van der Waals surface area contributed by atoms with E-state index in [1.165, 1.54) is 12.1 Å². The minimum atomic E-state index is -3.72. The Labute approximate surface area is 169 Å². The Morgan fingerprint density at radius 2 is 1.93 bits per heavy atom. The lowest BCUT2D eigenvalue weighted by molar-refractivity contribution is 0.0967. The Balaban J connectivity index is 3.02. The fourth-order valence-corrected chi connectivity index (χ4v) is 3.98. The van der Waals surface area contributed by atoms with Crippen LogP contribution in [0.3, 0.4) is 0 Å². The topological polar surface area (TPSA) is 75.3 Å². The van der Waals surface area contributed by atoms with E-state index in [2.05, 4.69) is 30.1 Å². The van der Waals surface area contributed by atoms with Crippen LogP contribution in [0, 0.1) is 5.92 Å². The highest BCUT2D eigenvalue weighted by molar-refractivity contribution is 7.89. The molecule has 0 aliphatic carbocycles. The number of allylic oxidation sites excluding steroid dienone is 5. The van der Waals surface area contributed by atoms with Gasteiger partial charge in [-0.3, -0.25) is 4.79 Å². The van der Waals surface area contributed by atoms with Crippen LogP contribution in [0.4, 0.5) is 0 Å². The number of amides is 1. The van der Waals surface area contributed by atoms with E-state index >= 15 is 0 Å². The second kappa shape index (κ2) is 11.4. The first-order chi connectivity index (χ1) is 13.2. The molecule has 0 aliphatic rings. The fourth-order valence-electron chi connectivity index (χ4n) is 2.58. The second-order valence-corrected chi connectivity index (χ2v) is 8.32. The van der Waals surface area contributed by atoms with Crippen LogP contribution < -0.4 is 10.0 Å². The summed E-state index contributed by atoms with van der Waals surface area (Å²) in [7, 11) is -3.72. The van der Waals surface area contributed by atoms with Crippen LogP contribution >= 0.6 is 0 Å². The zero-order valence-corrected chi connectivity index (χ0v) is 17.6. The summed E-state index contributed by atoms with van der Waals surface area (Å²) in [5.41, 5.74) is 0.771. The number of carbonyl (C=O) groups excluding carboxylic acids is 1. The van der Waals surface area contributed by atoms with Gasteiger partial charge in [-0.05, 0) is 49.6 Å². The Kier molecular flexibility index (Phi) is 9.62. The normalized spacial score (nSPS) is 14.5. The van der Waals surface area contributed by atoms with Gasteiger partial charge in [-0.1, -0.05) is 57.7 Å². The zero-order chi connectivity index (χ0) is 21.2. The van der Waals surface area contributed by atoms with Gasteiger partial charge in [-0.15, -0.1) is 0 Å². The highest BCUT2D eigenvalue weighted by Gasteiger charge is 2.21. The quantitative estimate of drug-likeness (QED) is 0.541. The predicted octanol–water partition coefficient (Wildman–Crippen LogP) is 4.33. The number of nitrogens with one attached hydrogen (secondary N) is 2. The monoisotopic (exact) mass is 402 g/mol.